The van der Waals surface area contributed by atoms with Crippen LogP contribution >= 0.6 is 0 Å². The zero-order chi connectivity index (χ0) is 61.7. The Labute approximate surface area is 492 Å². The van der Waals surface area contributed by atoms with Gasteiger partial charge in [0.1, 0.15) is 34.2 Å². The Balaban J connectivity index is 0.000000962. The topological polar surface area (TPSA) is 130 Å². The van der Waals surface area contributed by atoms with Crippen molar-refractivity contribution in [2.45, 2.75) is 243 Å². The van der Waals surface area contributed by atoms with Crippen molar-refractivity contribution in [2.75, 3.05) is 13.2 Å². The van der Waals surface area contributed by atoms with E-state index in [-0.39, 0.29) is 0 Å². The molecule has 2 N–H and O–H groups in total. The first-order valence-electron chi connectivity index (χ1n) is 29.9. The van der Waals surface area contributed by atoms with Gasteiger partial charge >= 0.3 is 12.3 Å². The van der Waals surface area contributed by atoms with Crippen molar-refractivity contribution in [1.82, 2.24) is 0 Å². The third-order valence-electron chi connectivity index (χ3n) is 13.2. The zero-order valence-corrected chi connectivity index (χ0v) is 54.1. The molecule has 0 saturated carbocycles. The average Bonchev–Trinajstić information content (AvgIpc) is 3.41. The summed E-state index contributed by atoms with van der Waals surface area (Å²) < 4.78 is 31.1. The number of phenols is 2. The molecule has 10 nitrogen and oxygen atoms in total. The van der Waals surface area contributed by atoms with Crippen molar-refractivity contribution in [3.05, 3.63) is 155 Å². The number of hydrogen-bond donors (Lipinski definition) is 2. The van der Waals surface area contributed by atoms with Crippen LogP contribution in [0, 0.1) is 6.92 Å². The van der Waals surface area contributed by atoms with Gasteiger partial charge in [0.25, 0.3) is 0 Å². The molecule has 454 valence electrons. The molecule has 5 rings (SSSR count). The van der Waals surface area contributed by atoms with E-state index in [9.17, 15) is 9.59 Å². The molecular weight excluding hydrogens is 1010 g/mol. The Morgan fingerprint density at radius 1 is 0.383 bits per heavy atom. The zero-order valence-electron chi connectivity index (χ0n) is 54.1. The van der Waals surface area contributed by atoms with Crippen LogP contribution in [0.25, 0.3) is 0 Å². The maximum absolute atomic E-state index is 11.5. The minimum Gasteiger partial charge on any atom is -0.508 e. The van der Waals surface area contributed by atoms with E-state index in [2.05, 4.69) is 128 Å². The van der Waals surface area contributed by atoms with E-state index < -0.39 is 23.5 Å². The van der Waals surface area contributed by atoms with E-state index in [4.69, 9.17) is 38.6 Å². The molecule has 0 bridgehead atoms. The van der Waals surface area contributed by atoms with Gasteiger partial charge in [0.15, 0.2) is 0 Å². The van der Waals surface area contributed by atoms with Crippen molar-refractivity contribution in [1.29, 1.82) is 0 Å². The van der Waals surface area contributed by atoms with Crippen molar-refractivity contribution in [3.63, 3.8) is 0 Å². The summed E-state index contributed by atoms with van der Waals surface area (Å²) in [6.45, 7) is 44.8. The SMILES string of the molecule is CC(C)OCCCCOC(C)C.CCC(C)c1ccc(C)cc1.CCC(C)c1ccc(O)cc1.CCC(C)c1ccc(O)cc1.CCC(C)c1ccc(OC(=O)OC(C)(C)C)cc1.CCC(C)c1ccc(OC(=O)OC(C)(C)C)cc1. The quantitative estimate of drug-likeness (QED) is 0.0468. The molecule has 0 saturated heterocycles. The van der Waals surface area contributed by atoms with E-state index in [0.717, 1.165) is 51.7 Å². The van der Waals surface area contributed by atoms with Gasteiger partial charge in [0, 0.05) is 13.2 Å². The Hall–Kier alpha value is -5.84. The van der Waals surface area contributed by atoms with Gasteiger partial charge < -0.3 is 38.6 Å². The van der Waals surface area contributed by atoms with Gasteiger partial charge in [-0.05, 0) is 227 Å². The molecule has 0 heterocycles. The molecule has 0 aliphatic heterocycles. The maximum Gasteiger partial charge on any atom is 0.514 e. The number of ether oxygens (including phenoxy) is 6. The van der Waals surface area contributed by atoms with Crippen LogP contribution in [-0.4, -0.2) is 59.1 Å². The first kappa shape index (κ1) is 75.2. The molecule has 0 aliphatic carbocycles. The minimum atomic E-state index is -0.668. The highest BCUT2D eigenvalue weighted by Gasteiger charge is 2.19. The van der Waals surface area contributed by atoms with E-state index in [1.165, 1.54) is 39.8 Å². The highest BCUT2D eigenvalue weighted by atomic mass is 16.7. The molecule has 5 aromatic carbocycles. The fraction of sp³-hybridized carbons (Fsp3) is 0.549. The molecule has 0 aromatic heterocycles. The van der Waals surface area contributed by atoms with Gasteiger partial charge in [-0.2, -0.15) is 0 Å². The molecule has 5 atom stereocenters. The normalized spacial score (nSPS) is 12.7. The lowest BCUT2D eigenvalue weighted by molar-refractivity contribution is 0.0193. The third kappa shape index (κ3) is 37.7. The first-order valence-corrected chi connectivity index (χ1v) is 29.9. The summed E-state index contributed by atoms with van der Waals surface area (Å²) >= 11 is 0. The fourth-order valence-corrected chi connectivity index (χ4v) is 6.98. The summed E-state index contributed by atoms with van der Waals surface area (Å²) in [5.41, 5.74) is 6.82. The summed E-state index contributed by atoms with van der Waals surface area (Å²) in [7, 11) is 0. The molecule has 5 aromatic rings. The maximum atomic E-state index is 11.5. The van der Waals surface area contributed by atoms with Crippen molar-refractivity contribution in [2.24, 2.45) is 0 Å². The van der Waals surface area contributed by atoms with Crippen LogP contribution in [0.1, 0.15) is 246 Å². The second-order valence-corrected chi connectivity index (χ2v) is 23.5. The van der Waals surface area contributed by atoms with Crippen LogP contribution in [0.5, 0.6) is 23.0 Å². The summed E-state index contributed by atoms with van der Waals surface area (Å²) in [5.74, 6) is 4.63. The lowest BCUT2D eigenvalue weighted by Gasteiger charge is -2.18. The average molecular weight is 1120 g/mol. The molecular formula is C71H110O10. The number of benzene rings is 5. The smallest absolute Gasteiger partial charge is 0.508 e. The van der Waals surface area contributed by atoms with Crippen LogP contribution < -0.4 is 9.47 Å². The van der Waals surface area contributed by atoms with Gasteiger partial charge in [-0.1, -0.05) is 148 Å². The Bertz CT molecular complexity index is 2130. The Morgan fingerprint density at radius 2 is 0.605 bits per heavy atom. The molecule has 0 aliphatic rings. The number of unbranched alkanes of at least 4 members (excludes halogenated alkanes) is 1. The number of carbonyl (C=O) groups is 2. The summed E-state index contributed by atoms with van der Waals surface area (Å²) in [5, 5.41) is 18.0. The van der Waals surface area contributed by atoms with E-state index >= 15 is 0 Å². The number of aromatic hydroxyl groups is 2. The number of rotatable bonds is 19. The minimum absolute atomic E-state index is 0.344. The molecule has 0 amide bonds. The van der Waals surface area contributed by atoms with Gasteiger partial charge in [0.05, 0.1) is 12.2 Å². The molecule has 81 heavy (non-hydrogen) atoms. The van der Waals surface area contributed by atoms with Gasteiger partial charge in [-0.25, -0.2) is 9.59 Å². The second-order valence-electron chi connectivity index (χ2n) is 23.5. The largest absolute Gasteiger partial charge is 0.514 e. The van der Waals surface area contributed by atoms with Gasteiger partial charge in [-0.3, -0.25) is 0 Å². The predicted molar refractivity (Wildman–Crippen MR) is 339 cm³/mol. The molecule has 0 spiro atoms. The second kappa shape index (κ2) is 41.2. The Kier molecular flexibility index (Phi) is 38.2. The van der Waals surface area contributed by atoms with E-state index in [1.54, 1.807) is 90.1 Å². The van der Waals surface area contributed by atoms with Crippen LogP contribution in [0.2, 0.25) is 0 Å². The molecule has 0 radical (unpaired) electrons. The monoisotopic (exact) mass is 1120 g/mol. The standard InChI is InChI=1S/2C15H22O3.C11H16.C10H22O2.2C10H14O/c2*1-6-11(2)12-7-9-13(10-8-12)17-14(16)18-15(3,4)5;1-4-10(3)11-7-5-9(2)6-8-11;1-9(2)11-7-5-6-8-12-10(3)4;2*1-3-8(2)9-4-6-10(11)7-5-9/h2*7-11H,6H2,1-5H3;5-8,10H,4H2,1-3H3;9-10H,5-8H2,1-4H3;2*4-8,11H,3H2,1-2H3. The van der Waals surface area contributed by atoms with Crippen molar-refractivity contribution < 1.29 is 48.2 Å². The highest BCUT2D eigenvalue weighted by Crippen LogP contribution is 2.25. The molecule has 0 fully saturated rings. The lowest BCUT2D eigenvalue weighted by Crippen LogP contribution is -2.25. The van der Waals surface area contributed by atoms with Gasteiger partial charge in [0.2, 0.25) is 0 Å². The highest BCUT2D eigenvalue weighted by molar-refractivity contribution is 5.65. The number of phenolic OH excluding ortho intramolecular Hbond substituents is 2. The fourth-order valence-electron chi connectivity index (χ4n) is 6.98. The van der Waals surface area contributed by atoms with Gasteiger partial charge in [-0.15, -0.1) is 0 Å². The van der Waals surface area contributed by atoms with E-state index in [0.29, 0.717) is 64.8 Å². The van der Waals surface area contributed by atoms with Crippen LogP contribution in [-0.2, 0) is 18.9 Å². The predicted octanol–water partition coefficient (Wildman–Crippen LogP) is 21.0. The van der Waals surface area contributed by atoms with Crippen LogP contribution in [0.4, 0.5) is 9.59 Å². The summed E-state index contributed by atoms with van der Waals surface area (Å²) in [4.78, 5) is 22.9. The number of carbonyl (C=O) groups excluding carboxylic acids is 2. The summed E-state index contributed by atoms with van der Waals surface area (Å²) in [6, 6.07) is 38.8. The first-order chi connectivity index (χ1) is 38.0. The molecule has 10 heteroatoms. The third-order valence-corrected chi connectivity index (χ3v) is 13.2. The van der Waals surface area contributed by atoms with Crippen LogP contribution in [0.3, 0.4) is 0 Å². The number of hydrogen-bond acceptors (Lipinski definition) is 10. The summed E-state index contributed by atoms with van der Waals surface area (Å²) in [6.07, 6.45) is 7.28. The molecule has 5 unspecified atom stereocenters. The Morgan fingerprint density at radius 3 is 0.815 bits per heavy atom. The lowest BCUT2D eigenvalue weighted by atomic mass is 9.98. The van der Waals surface area contributed by atoms with Crippen molar-refractivity contribution in [3.8, 4) is 23.0 Å². The van der Waals surface area contributed by atoms with Crippen molar-refractivity contribution >= 4 is 12.3 Å². The van der Waals surface area contributed by atoms with Crippen LogP contribution in [0.15, 0.2) is 121 Å². The van der Waals surface area contributed by atoms with E-state index in [1.807, 2.05) is 48.5 Å². The number of aryl methyl sites for hydroxylation is 1.